The molecule has 2 heterocycles. The number of hydrogen-bond acceptors (Lipinski definition) is 6. The lowest BCUT2D eigenvalue weighted by Crippen LogP contribution is -2.16. The third-order valence-corrected chi connectivity index (χ3v) is 4.33. The van der Waals surface area contributed by atoms with Crippen molar-refractivity contribution in [1.29, 1.82) is 0 Å². The van der Waals surface area contributed by atoms with Crippen LogP contribution < -0.4 is 0 Å². The zero-order chi connectivity index (χ0) is 18.6. The molecule has 1 aliphatic heterocycles. The van der Waals surface area contributed by atoms with E-state index in [0.29, 0.717) is 17.0 Å². The Labute approximate surface area is 155 Å². The van der Waals surface area contributed by atoms with Crippen molar-refractivity contribution in [1.82, 2.24) is 20.6 Å². The van der Waals surface area contributed by atoms with Crippen LogP contribution in [-0.2, 0) is 9.53 Å². The molecule has 1 unspecified atom stereocenters. The van der Waals surface area contributed by atoms with E-state index in [1.807, 2.05) is 54.5 Å². The summed E-state index contributed by atoms with van der Waals surface area (Å²) in [5.41, 5.74) is 4.67. The third-order valence-electron chi connectivity index (χ3n) is 4.33. The number of H-pyrrole nitrogens is 1. The van der Waals surface area contributed by atoms with Crippen molar-refractivity contribution in [2.24, 2.45) is 4.99 Å². The number of rotatable bonds is 4. The van der Waals surface area contributed by atoms with Gasteiger partial charge in [0.25, 0.3) is 0 Å². The maximum Gasteiger partial charge on any atom is 0.205 e. The van der Waals surface area contributed by atoms with E-state index in [0.717, 1.165) is 22.3 Å². The minimum absolute atomic E-state index is 0.353. The van der Waals surface area contributed by atoms with Crippen molar-refractivity contribution in [2.45, 2.75) is 6.23 Å². The van der Waals surface area contributed by atoms with Crippen LogP contribution in [0.3, 0.4) is 0 Å². The van der Waals surface area contributed by atoms with Crippen molar-refractivity contribution in [2.75, 3.05) is 7.11 Å². The second-order valence-electron chi connectivity index (χ2n) is 5.84. The second kappa shape index (κ2) is 7.29. The first kappa shape index (κ1) is 16.8. The summed E-state index contributed by atoms with van der Waals surface area (Å²) in [4.78, 5) is 15.7. The fraction of sp³-hybridized carbons (Fsp3) is 0.100. The van der Waals surface area contributed by atoms with E-state index in [9.17, 15) is 4.79 Å². The molecule has 0 amide bonds. The normalized spacial score (nSPS) is 16.1. The predicted molar refractivity (Wildman–Crippen MR) is 102 cm³/mol. The van der Waals surface area contributed by atoms with Gasteiger partial charge in [0.1, 0.15) is 5.94 Å². The van der Waals surface area contributed by atoms with Gasteiger partial charge in [-0.1, -0.05) is 42.5 Å². The van der Waals surface area contributed by atoms with Crippen molar-refractivity contribution in [3.05, 3.63) is 65.7 Å². The highest BCUT2D eigenvalue weighted by atomic mass is 16.5. The van der Waals surface area contributed by atoms with Crippen LogP contribution in [0.5, 0.6) is 0 Å². The summed E-state index contributed by atoms with van der Waals surface area (Å²) in [7, 11) is 1.51. The van der Waals surface area contributed by atoms with Crippen LogP contribution in [0.2, 0.25) is 0 Å². The van der Waals surface area contributed by atoms with Crippen LogP contribution in [0.1, 0.15) is 5.56 Å². The molecular formula is C20H15N5O2. The highest BCUT2D eigenvalue weighted by Gasteiger charge is 2.23. The number of tetrazole rings is 1. The van der Waals surface area contributed by atoms with Gasteiger partial charge in [-0.25, -0.2) is 4.79 Å². The number of carbonyl (C=O) groups excluding carboxylic acids is 1. The summed E-state index contributed by atoms with van der Waals surface area (Å²) < 4.78 is 5.26. The Bertz CT molecular complexity index is 1070. The van der Waals surface area contributed by atoms with Gasteiger partial charge in [0, 0.05) is 24.5 Å². The van der Waals surface area contributed by atoms with Gasteiger partial charge in [-0.05, 0) is 34.0 Å². The Morgan fingerprint density at radius 3 is 2.63 bits per heavy atom. The van der Waals surface area contributed by atoms with E-state index < -0.39 is 6.23 Å². The quantitative estimate of drug-likeness (QED) is 0.725. The highest BCUT2D eigenvalue weighted by Crippen LogP contribution is 2.35. The number of aromatic amines is 1. The molecule has 0 radical (unpaired) electrons. The van der Waals surface area contributed by atoms with Crippen LogP contribution in [0.4, 0.5) is 0 Å². The third kappa shape index (κ3) is 3.13. The number of benzene rings is 2. The zero-order valence-corrected chi connectivity index (χ0v) is 14.5. The molecule has 0 aliphatic carbocycles. The molecule has 1 atom stereocenters. The molecule has 132 valence electrons. The Balaban J connectivity index is 1.88. The zero-order valence-electron chi connectivity index (χ0n) is 14.5. The standard InChI is InChI=1S/C20H15N5O2/c1-27-20-18(12-26)16(9-10-21-20)14-7-8-15(13-5-3-2-4-6-13)17(11-14)19-22-24-25-23-19/h2-11,20H,1H3,(H,22,23,24,25). The average Bonchev–Trinajstić information content (AvgIpc) is 3.28. The summed E-state index contributed by atoms with van der Waals surface area (Å²) >= 11 is 0. The van der Waals surface area contributed by atoms with Crippen molar-refractivity contribution in [3.8, 4) is 22.5 Å². The lowest BCUT2D eigenvalue weighted by Gasteiger charge is -2.19. The van der Waals surface area contributed by atoms with Crippen molar-refractivity contribution in [3.63, 3.8) is 0 Å². The predicted octanol–water partition coefficient (Wildman–Crippen LogP) is 2.73. The monoisotopic (exact) mass is 357 g/mol. The minimum Gasteiger partial charge on any atom is -0.355 e. The van der Waals surface area contributed by atoms with Crippen LogP contribution >= 0.6 is 0 Å². The maximum atomic E-state index is 11.5. The lowest BCUT2D eigenvalue weighted by atomic mass is 9.91. The van der Waals surface area contributed by atoms with Crippen LogP contribution in [0, 0.1) is 0 Å². The SMILES string of the molecule is COC1N=CC=C(c2ccc(-c3ccccc3)c(-c3nn[nH]n3)c2)C1=C=O. The molecule has 1 N–H and O–H groups in total. The Hall–Kier alpha value is -3.67. The molecule has 0 bridgehead atoms. The number of methoxy groups -OCH3 is 1. The van der Waals surface area contributed by atoms with Crippen LogP contribution in [0.15, 0.2) is 65.2 Å². The van der Waals surface area contributed by atoms with Crippen LogP contribution in [-0.4, -0.2) is 46.1 Å². The molecule has 0 spiro atoms. The first-order valence-electron chi connectivity index (χ1n) is 8.27. The number of aliphatic imine (C=N–C) groups is 1. The fourth-order valence-electron chi connectivity index (χ4n) is 3.07. The number of allylic oxidation sites excluding steroid dienone is 1. The first-order valence-corrected chi connectivity index (χ1v) is 8.27. The number of nitrogens with one attached hydrogen (secondary N) is 1. The summed E-state index contributed by atoms with van der Waals surface area (Å²) in [5, 5.41) is 14.4. The Morgan fingerprint density at radius 1 is 1.07 bits per heavy atom. The van der Waals surface area contributed by atoms with Gasteiger partial charge in [-0.3, -0.25) is 4.99 Å². The van der Waals surface area contributed by atoms with E-state index in [1.165, 1.54) is 7.11 Å². The summed E-state index contributed by atoms with van der Waals surface area (Å²) in [5.74, 6) is 2.44. The summed E-state index contributed by atoms with van der Waals surface area (Å²) in [6.45, 7) is 0. The molecule has 1 aliphatic rings. The number of hydrogen-bond donors (Lipinski definition) is 1. The van der Waals surface area contributed by atoms with Gasteiger partial charge in [0.05, 0.1) is 5.57 Å². The topological polar surface area (TPSA) is 93.1 Å². The highest BCUT2D eigenvalue weighted by molar-refractivity contribution is 5.99. The van der Waals surface area contributed by atoms with Crippen molar-refractivity contribution >= 4 is 17.7 Å². The molecule has 0 fully saturated rings. The molecule has 3 aromatic rings. The number of dihydropyridines is 1. The van der Waals surface area contributed by atoms with Gasteiger partial charge in [-0.2, -0.15) is 5.21 Å². The maximum absolute atomic E-state index is 11.5. The van der Waals surface area contributed by atoms with Crippen LogP contribution in [0.25, 0.3) is 28.1 Å². The lowest BCUT2D eigenvalue weighted by molar-refractivity contribution is 0.144. The molecule has 27 heavy (non-hydrogen) atoms. The van der Waals surface area contributed by atoms with Crippen molar-refractivity contribution < 1.29 is 9.53 Å². The largest absolute Gasteiger partial charge is 0.355 e. The molecule has 0 saturated heterocycles. The smallest absolute Gasteiger partial charge is 0.205 e. The molecule has 0 saturated carbocycles. The number of aromatic nitrogens is 4. The second-order valence-corrected chi connectivity index (χ2v) is 5.84. The van der Waals surface area contributed by atoms with Gasteiger partial charge >= 0.3 is 0 Å². The molecule has 4 rings (SSSR count). The van der Waals surface area contributed by atoms with Gasteiger partial charge < -0.3 is 4.74 Å². The molecule has 2 aromatic carbocycles. The average molecular weight is 357 g/mol. The van der Waals surface area contributed by atoms with Gasteiger partial charge in [0.15, 0.2) is 6.23 Å². The molecule has 7 nitrogen and oxygen atoms in total. The summed E-state index contributed by atoms with van der Waals surface area (Å²) in [6.07, 6.45) is 2.74. The van der Waals surface area contributed by atoms with E-state index in [-0.39, 0.29) is 0 Å². The summed E-state index contributed by atoms with van der Waals surface area (Å²) in [6, 6.07) is 15.8. The Morgan fingerprint density at radius 2 is 1.93 bits per heavy atom. The van der Waals surface area contributed by atoms with E-state index in [2.05, 4.69) is 25.6 Å². The van der Waals surface area contributed by atoms with Gasteiger partial charge in [-0.15, -0.1) is 10.2 Å². The fourth-order valence-corrected chi connectivity index (χ4v) is 3.07. The Kier molecular flexibility index (Phi) is 4.53. The number of ether oxygens (including phenoxy) is 1. The van der Waals surface area contributed by atoms with E-state index in [1.54, 1.807) is 12.3 Å². The minimum atomic E-state index is -0.662. The van der Waals surface area contributed by atoms with E-state index >= 15 is 0 Å². The molecule has 1 aromatic heterocycles. The molecule has 7 heteroatoms. The number of nitrogens with zero attached hydrogens (tertiary/aromatic N) is 4. The van der Waals surface area contributed by atoms with E-state index in [4.69, 9.17) is 4.74 Å². The first-order chi connectivity index (χ1) is 13.3. The van der Waals surface area contributed by atoms with Gasteiger partial charge in [0.2, 0.25) is 5.82 Å². The molecular weight excluding hydrogens is 342 g/mol.